The van der Waals surface area contributed by atoms with Gasteiger partial charge in [0.25, 0.3) is 0 Å². The highest BCUT2D eigenvalue weighted by molar-refractivity contribution is 5.61. The molecule has 0 spiro atoms. The lowest BCUT2D eigenvalue weighted by Crippen LogP contribution is -1.99. The summed E-state index contributed by atoms with van der Waals surface area (Å²) in [5.41, 5.74) is 2.19. The largest absolute Gasteiger partial charge is 0.250 e. The zero-order valence-electron chi connectivity index (χ0n) is 9.06. The summed E-state index contributed by atoms with van der Waals surface area (Å²) in [5, 5.41) is 4.25. The van der Waals surface area contributed by atoms with Crippen molar-refractivity contribution >= 4 is 0 Å². The average Bonchev–Trinajstić information content (AvgIpc) is 2.90. The zero-order chi connectivity index (χ0) is 11.5. The Morgan fingerprint density at radius 1 is 0.824 bits per heavy atom. The molecule has 3 rings (SSSR count). The summed E-state index contributed by atoms with van der Waals surface area (Å²) in [5.74, 6) is 0.578. The van der Waals surface area contributed by atoms with Crippen molar-refractivity contribution in [2.24, 2.45) is 0 Å². The van der Waals surface area contributed by atoms with Crippen LogP contribution in [0, 0.1) is 0 Å². The van der Waals surface area contributed by atoms with Crippen LogP contribution in [0.3, 0.4) is 0 Å². The van der Waals surface area contributed by atoms with E-state index in [2.05, 4.69) is 15.1 Å². The van der Waals surface area contributed by atoms with Crippen LogP contribution in [0.2, 0.25) is 0 Å². The van der Waals surface area contributed by atoms with Crippen molar-refractivity contribution in [1.82, 2.24) is 19.7 Å². The fourth-order valence-electron chi connectivity index (χ4n) is 1.62. The molecule has 0 aliphatic heterocycles. The molecule has 0 bridgehead atoms. The number of benzene rings is 1. The Labute approximate surface area is 98.6 Å². The molecule has 0 saturated heterocycles. The normalized spacial score (nSPS) is 10.4. The lowest BCUT2D eigenvalue weighted by molar-refractivity contribution is 0.808. The molecule has 0 aliphatic carbocycles. The number of nitrogens with zero attached hydrogens (tertiary/aromatic N) is 4. The van der Waals surface area contributed by atoms with Crippen molar-refractivity contribution < 1.29 is 0 Å². The molecule has 0 N–H and O–H groups in total. The van der Waals surface area contributed by atoms with Gasteiger partial charge in [-0.3, -0.25) is 0 Å². The first kappa shape index (κ1) is 9.72. The van der Waals surface area contributed by atoms with Crippen LogP contribution in [-0.4, -0.2) is 19.7 Å². The summed E-state index contributed by atoms with van der Waals surface area (Å²) < 4.78 is 1.67. The van der Waals surface area contributed by atoms with Gasteiger partial charge in [-0.2, -0.15) is 5.10 Å². The van der Waals surface area contributed by atoms with Crippen LogP contribution in [-0.2, 0) is 0 Å². The highest BCUT2D eigenvalue weighted by atomic mass is 15.3. The SMILES string of the molecule is c1ccc(-c2cnn(-c3ncccn3)c2)cc1. The first-order valence-corrected chi connectivity index (χ1v) is 5.31. The first-order valence-electron chi connectivity index (χ1n) is 5.31. The molecule has 17 heavy (non-hydrogen) atoms. The minimum atomic E-state index is 0.578. The third-order valence-corrected chi connectivity index (χ3v) is 2.45. The van der Waals surface area contributed by atoms with Crippen molar-refractivity contribution in [2.75, 3.05) is 0 Å². The maximum Gasteiger partial charge on any atom is 0.250 e. The average molecular weight is 222 g/mol. The second kappa shape index (κ2) is 4.17. The topological polar surface area (TPSA) is 43.6 Å². The number of hydrogen-bond donors (Lipinski definition) is 0. The first-order chi connectivity index (χ1) is 8.43. The van der Waals surface area contributed by atoms with E-state index in [4.69, 9.17) is 0 Å². The molecule has 0 fully saturated rings. The number of hydrogen-bond acceptors (Lipinski definition) is 3. The van der Waals surface area contributed by atoms with E-state index in [0.29, 0.717) is 5.95 Å². The molecule has 0 atom stereocenters. The molecule has 4 heteroatoms. The second-order valence-corrected chi connectivity index (χ2v) is 3.59. The third kappa shape index (κ3) is 1.92. The van der Waals surface area contributed by atoms with Crippen molar-refractivity contribution in [1.29, 1.82) is 0 Å². The van der Waals surface area contributed by atoms with Gasteiger partial charge in [-0.05, 0) is 11.6 Å². The molecule has 3 aromatic rings. The van der Waals surface area contributed by atoms with Crippen LogP contribution in [0.5, 0.6) is 0 Å². The van der Waals surface area contributed by atoms with Crippen LogP contribution in [0.1, 0.15) is 0 Å². The van der Waals surface area contributed by atoms with E-state index >= 15 is 0 Å². The Bertz CT molecular complexity index is 548. The van der Waals surface area contributed by atoms with E-state index in [0.717, 1.165) is 11.1 Å². The van der Waals surface area contributed by atoms with Gasteiger partial charge in [-0.1, -0.05) is 30.3 Å². The summed E-state index contributed by atoms with van der Waals surface area (Å²) in [4.78, 5) is 8.29. The molecule has 2 aromatic heterocycles. The van der Waals surface area contributed by atoms with Crippen molar-refractivity contribution in [2.45, 2.75) is 0 Å². The van der Waals surface area contributed by atoms with Crippen LogP contribution in [0.4, 0.5) is 0 Å². The van der Waals surface area contributed by atoms with Gasteiger partial charge in [0.1, 0.15) is 0 Å². The Morgan fingerprint density at radius 2 is 1.59 bits per heavy atom. The maximum atomic E-state index is 4.25. The number of rotatable bonds is 2. The smallest absolute Gasteiger partial charge is 0.220 e. The van der Waals surface area contributed by atoms with Crippen LogP contribution in [0.25, 0.3) is 17.1 Å². The highest BCUT2D eigenvalue weighted by Crippen LogP contribution is 2.18. The standard InChI is InChI=1S/C13H10N4/c1-2-5-11(6-3-1)12-9-16-17(10-12)13-14-7-4-8-15-13/h1-10H. The molecule has 0 unspecified atom stereocenters. The Kier molecular flexibility index (Phi) is 2.38. The molecule has 0 amide bonds. The summed E-state index contributed by atoms with van der Waals surface area (Å²) in [6.45, 7) is 0. The molecule has 1 aromatic carbocycles. The predicted molar refractivity (Wildman–Crippen MR) is 64.6 cm³/mol. The van der Waals surface area contributed by atoms with E-state index in [1.165, 1.54) is 0 Å². The van der Waals surface area contributed by atoms with E-state index in [9.17, 15) is 0 Å². The molecule has 0 radical (unpaired) electrons. The van der Waals surface area contributed by atoms with Gasteiger partial charge in [0.2, 0.25) is 5.95 Å². The molecular formula is C13H10N4. The molecule has 0 saturated carbocycles. The Morgan fingerprint density at radius 3 is 2.35 bits per heavy atom. The molecule has 4 nitrogen and oxygen atoms in total. The minimum Gasteiger partial charge on any atom is -0.220 e. The summed E-state index contributed by atoms with van der Waals surface area (Å²) in [6.07, 6.45) is 7.13. The summed E-state index contributed by atoms with van der Waals surface area (Å²) in [6, 6.07) is 11.9. The monoisotopic (exact) mass is 222 g/mol. The molecule has 82 valence electrons. The van der Waals surface area contributed by atoms with Crippen LogP contribution in [0.15, 0.2) is 61.2 Å². The van der Waals surface area contributed by atoms with Crippen molar-refractivity contribution in [3.05, 3.63) is 61.2 Å². The fourth-order valence-corrected chi connectivity index (χ4v) is 1.62. The highest BCUT2D eigenvalue weighted by Gasteiger charge is 2.03. The van der Waals surface area contributed by atoms with Crippen LogP contribution < -0.4 is 0 Å². The van der Waals surface area contributed by atoms with Gasteiger partial charge in [-0.15, -0.1) is 0 Å². The Balaban J connectivity index is 1.99. The Hall–Kier alpha value is -2.49. The fraction of sp³-hybridized carbons (Fsp3) is 0. The van der Waals surface area contributed by atoms with Gasteiger partial charge in [0, 0.05) is 24.2 Å². The predicted octanol–water partition coefficient (Wildman–Crippen LogP) is 2.33. The van der Waals surface area contributed by atoms with Gasteiger partial charge in [-0.25, -0.2) is 14.6 Å². The summed E-state index contributed by atoms with van der Waals surface area (Å²) in [7, 11) is 0. The lowest BCUT2D eigenvalue weighted by Gasteiger charge is -1.97. The van der Waals surface area contributed by atoms with Crippen molar-refractivity contribution in [3.63, 3.8) is 0 Å². The quantitative estimate of drug-likeness (QED) is 0.668. The van der Waals surface area contributed by atoms with E-state index in [1.807, 2.05) is 42.7 Å². The van der Waals surface area contributed by atoms with Gasteiger partial charge in [0.15, 0.2) is 0 Å². The van der Waals surface area contributed by atoms with E-state index < -0.39 is 0 Å². The van der Waals surface area contributed by atoms with E-state index in [1.54, 1.807) is 23.1 Å². The minimum absolute atomic E-state index is 0.578. The number of aromatic nitrogens is 4. The van der Waals surface area contributed by atoms with Crippen LogP contribution >= 0.6 is 0 Å². The van der Waals surface area contributed by atoms with Gasteiger partial charge >= 0.3 is 0 Å². The lowest BCUT2D eigenvalue weighted by atomic mass is 10.1. The van der Waals surface area contributed by atoms with E-state index in [-0.39, 0.29) is 0 Å². The molecule has 0 aliphatic rings. The summed E-state index contributed by atoms with van der Waals surface area (Å²) >= 11 is 0. The zero-order valence-corrected chi connectivity index (χ0v) is 9.06. The van der Waals surface area contributed by atoms with Crippen molar-refractivity contribution in [3.8, 4) is 17.1 Å². The molecular weight excluding hydrogens is 212 g/mol. The third-order valence-electron chi connectivity index (χ3n) is 2.45. The van der Waals surface area contributed by atoms with Gasteiger partial charge < -0.3 is 0 Å². The second-order valence-electron chi connectivity index (χ2n) is 3.59. The van der Waals surface area contributed by atoms with Gasteiger partial charge in [0.05, 0.1) is 6.20 Å². The maximum absolute atomic E-state index is 4.25. The molecule has 2 heterocycles.